The Labute approximate surface area is 125 Å². The van der Waals surface area contributed by atoms with Gasteiger partial charge in [-0.3, -0.25) is 0 Å². The van der Waals surface area contributed by atoms with E-state index in [1.165, 1.54) is 0 Å². The maximum atomic E-state index is 13.1. The lowest BCUT2D eigenvalue weighted by molar-refractivity contribution is -0.139. The van der Waals surface area contributed by atoms with Gasteiger partial charge in [0.2, 0.25) is 10.0 Å². The number of rotatable bonds is 2. The Kier molecular flexibility index (Phi) is 4.27. The fraction of sp³-hybridized carbons (Fsp3) is 0.500. The van der Waals surface area contributed by atoms with Crippen molar-refractivity contribution in [3.05, 3.63) is 28.8 Å². The fourth-order valence-electron chi connectivity index (χ4n) is 2.35. The van der Waals surface area contributed by atoms with E-state index in [1.54, 1.807) is 6.92 Å². The van der Waals surface area contributed by atoms with Crippen molar-refractivity contribution in [1.82, 2.24) is 4.31 Å². The molecule has 1 aromatic rings. The molecule has 2 rings (SSSR count). The first kappa shape index (κ1) is 16.5. The number of alkyl halides is 3. The first-order chi connectivity index (χ1) is 9.55. The highest BCUT2D eigenvalue weighted by atomic mass is 35.5. The molecule has 0 saturated carbocycles. The summed E-state index contributed by atoms with van der Waals surface area (Å²) >= 11 is 5.56. The van der Waals surface area contributed by atoms with E-state index in [-0.39, 0.29) is 17.6 Å². The maximum absolute atomic E-state index is 13.1. The highest BCUT2D eigenvalue weighted by molar-refractivity contribution is 7.89. The number of hydrogen-bond acceptors (Lipinski definition) is 3. The molecule has 2 unspecified atom stereocenters. The third kappa shape index (κ3) is 3.03. The van der Waals surface area contributed by atoms with Gasteiger partial charge in [0.1, 0.15) is 0 Å². The van der Waals surface area contributed by atoms with Gasteiger partial charge in [0.25, 0.3) is 0 Å². The molecule has 1 fully saturated rings. The van der Waals surface area contributed by atoms with Gasteiger partial charge in [-0.05, 0) is 31.5 Å². The Balaban J connectivity index is 2.56. The minimum atomic E-state index is -4.81. The molecule has 1 aromatic carbocycles. The second-order valence-electron chi connectivity index (χ2n) is 4.95. The highest BCUT2D eigenvalue weighted by Gasteiger charge is 2.43. The van der Waals surface area contributed by atoms with Gasteiger partial charge >= 0.3 is 6.18 Å². The molecule has 9 heteroatoms. The molecule has 21 heavy (non-hydrogen) atoms. The summed E-state index contributed by atoms with van der Waals surface area (Å²) in [6.07, 6.45) is -4.40. The fourth-order valence-corrected chi connectivity index (χ4v) is 4.41. The normalized spacial score (nSPS) is 24.5. The standard InChI is InChI=1S/C12H14ClF3N2O2S/c1-7-10(17)4-5-18(7)21(19,20)11-3-2-8(13)6-9(11)12(14,15)16/h2-3,6-7,10H,4-5,17H2,1H3. The average molecular weight is 343 g/mol. The van der Waals surface area contributed by atoms with Crippen LogP contribution < -0.4 is 5.73 Å². The van der Waals surface area contributed by atoms with Crippen molar-refractivity contribution in [3.8, 4) is 0 Å². The topological polar surface area (TPSA) is 63.4 Å². The van der Waals surface area contributed by atoms with Crippen molar-refractivity contribution in [1.29, 1.82) is 0 Å². The predicted octanol–water partition coefficient (Wildman–Crippen LogP) is 2.47. The summed E-state index contributed by atoms with van der Waals surface area (Å²) in [5.74, 6) is 0. The largest absolute Gasteiger partial charge is 0.417 e. The Morgan fingerprint density at radius 3 is 2.48 bits per heavy atom. The summed E-state index contributed by atoms with van der Waals surface area (Å²) in [7, 11) is -4.28. The van der Waals surface area contributed by atoms with Crippen LogP contribution in [-0.2, 0) is 16.2 Å². The van der Waals surface area contributed by atoms with E-state index in [0.29, 0.717) is 12.5 Å². The molecule has 2 atom stereocenters. The van der Waals surface area contributed by atoms with Crippen LogP contribution in [0.1, 0.15) is 18.9 Å². The van der Waals surface area contributed by atoms with Crippen molar-refractivity contribution in [2.45, 2.75) is 36.5 Å². The molecule has 2 N–H and O–H groups in total. The monoisotopic (exact) mass is 342 g/mol. The molecule has 1 heterocycles. The molecule has 1 aliphatic rings. The van der Waals surface area contributed by atoms with Crippen LogP contribution in [0.4, 0.5) is 13.2 Å². The van der Waals surface area contributed by atoms with Crippen LogP contribution in [0.2, 0.25) is 5.02 Å². The van der Waals surface area contributed by atoms with Crippen molar-refractivity contribution in [2.24, 2.45) is 5.73 Å². The summed E-state index contributed by atoms with van der Waals surface area (Å²) in [6, 6.07) is 1.70. The molecular weight excluding hydrogens is 329 g/mol. The van der Waals surface area contributed by atoms with Gasteiger partial charge < -0.3 is 5.73 Å². The Bertz CT molecular complexity index is 648. The van der Waals surface area contributed by atoms with Gasteiger partial charge in [0.05, 0.1) is 10.5 Å². The second-order valence-corrected chi connectivity index (χ2v) is 7.24. The first-order valence-electron chi connectivity index (χ1n) is 6.19. The molecule has 0 bridgehead atoms. The Hall–Kier alpha value is -0.830. The van der Waals surface area contributed by atoms with Crippen molar-refractivity contribution in [3.63, 3.8) is 0 Å². The zero-order valence-electron chi connectivity index (χ0n) is 11.1. The van der Waals surface area contributed by atoms with Gasteiger partial charge in [0.15, 0.2) is 0 Å². The molecular formula is C12H14ClF3N2O2S. The summed E-state index contributed by atoms with van der Waals surface area (Å²) in [4.78, 5) is -0.791. The van der Waals surface area contributed by atoms with Gasteiger partial charge in [-0.15, -0.1) is 0 Å². The lowest BCUT2D eigenvalue weighted by Crippen LogP contribution is -2.40. The quantitative estimate of drug-likeness (QED) is 0.898. The smallest absolute Gasteiger partial charge is 0.326 e. The second kappa shape index (κ2) is 5.42. The summed E-state index contributed by atoms with van der Waals surface area (Å²) in [6.45, 7) is 1.68. The van der Waals surface area contributed by atoms with Crippen LogP contribution in [0.25, 0.3) is 0 Å². The number of benzene rings is 1. The minimum Gasteiger partial charge on any atom is -0.326 e. The van der Waals surface area contributed by atoms with Gasteiger partial charge in [-0.2, -0.15) is 17.5 Å². The van der Waals surface area contributed by atoms with E-state index in [2.05, 4.69) is 0 Å². The van der Waals surface area contributed by atoms with E-state index in [0.717, 1.165) is 16.4 Å². The SMILES string of the molecule is CC1C(N)CCN1S(=O)(=O)c1ccc(Cl)cc1C(F)(F)F. The van der Waals surface area contributed by atoms with Gasteiger partial charge in [-0.25, -0.2) is 8.42 Å². The highest BCUT2D eigenvalue weighted by Crippen LogP contribution is 2.38. The maximum Gasteiger partial charge on any atom is 0.417 e. The lowest BCUT2D eigenvalue weighted by Gasteiger charge is -2.24. The third-order valence-corrected chi connectivity index (χ3v) is 5.87. The van der Waals surface area contributed by atoms with Crippen molar-refractivity contribution >= 4 is 21.6 Å². The van der Waals surface area contributed by atoms with Crippen LogP contribution in [0.15, 0.2) is 23.1 Å². The van der Waals surface area contributed by atoms with E-state index < -0.39 is 32.7 Å². The molecule has 4 nitrogen and oxygen atoms in total. The summed E-state index contributed by atoms with van der Waals surface area (Å²) in [5.41, 5.74) is 4.48. The molecule has 0 amide bonds. The lowest BCUT2D eigenvalue weighted by atomic mass is 10.2. The molecule has 0 aliphatic carbocycles. The first-order valence-corrected chi connectivity index (χ1v) is 8.01. The van der Waals surface area contributed by atoms with E-state index in [9.17, 15) is 21.6 Å². The zero-order valence-corrected chi connectivity index (χ0v) is 12.6. The molecule has 0 radical (unpaired) electrons. The van der Waals surface area contributed by atoms with Crippen LogP contribution in [0.5, 0.6) is 0 Å². The van der Waals surface area contributed by atoms with Crippen molar-refractivity contribution < 1.29 is 21.6 Å². The van der Waals surface area contributed by atoms with E-state index in [4.69, 9.17) is 17.3 Å². The minimum absolute atomic E-state index is 0.102. The molecule has 0 spiro atoms. The number of halogens is 4. The number of hydrogen-bond donors (Lipinski definition) is 1. The molecule has 1 saturated heterocycles. The van der Waals surface area contributed by atoms with Gasteiger partial charge in [-0.1, -0.05) is 11.6 Å². The number of sulfonamides is 1. The number of nitrogens with zero attached hydrogens (tertiary/aromatic N) is 1. The Morgan fingerprint density at radius 1 is 1.38 bits per heavy atom. The number of nitrogens with two attached hydrogens (primary N) is 1. The van der Waals surface area contributed by atoms with Crippen LogP contribution >= 0.6 is 11.6 Å². The summed E-state index contributed by atoms with van der Waals surface area (Å²) in [5, 5.41) is -0.174. The molecule has 118 valence electrons. The van der Waals surface area contributed by atoms with Crippen LogP contribution in [0, 0.1) is 0 Å². The van der Waals surface area contributed by atoms with E-state index in [1.807, 2.05) is 0 Å². The third-order valence-electron chi connectivity index (χ3n) is 3.59. The predicted molar refractivity (Wildman–Crippen MR) is 72.4 cm³/mol. The molecule has 1 aliphatic heterocycles. The zero-order chi connectivity index (χ0) is 16.0. The van der Waals surface area contributed by atoms with Crippen LogP contribution in [0.3, 0.4) is 0 Å². The van der Waals surface area contributed by atoms with E-state index >= 15 is 0 Å². The average Bonchev–Trinajstić information content (AvgIpc) is 2.69. The van der Waals surface area contributed by atoms with Crippen molar-refractivity contribution in [2.75, 3.05) is 6.54 Å². The van der Waals surface area contributed by atoms with Gasteiger partial charge in [0, 0.05) is 23.7 Å². The Morgan fingerprint density at radius 2 is 2.00 bits per heavy atom. The summed E-state index contributed by atoms with van der Waals surface area (Å²) < 4.78 is 65.2. The molecule has 0 aromatic heterocycles. The van der Waals surface area contributed by atoms with Crippen LogP contribution in [-0.4, -0.2) is 31.4 Å².